The van der Waals surface area contributed by atoms with Gasteiger partial charge in [0.05, 0.1) is 0 Å². The minimum atomic E-state index is -1.18. The van der Waals surface area contributed by atoms with Gasteiger partial charge in [0, 0.05) is 6.42 Å². The first-order valence-electron chi connectivity index (χ1n) is 11.2. The van der Waals surface area contributed by atoms with E-state index < -0.39 is 30.1 Å². The molecule has 0 bridgehead atoms. The molecule has 0 spiro atoms. The predicted octanol–water partition coefficient (Wildman–Crippen LogP) is 3.69. The third kappa shape index (κ3) is 8.51. The smallest absolute Gasteiger partial charge is 0.408 e. The van der Waals surface area contributed by atoms with Gasteiger partial charge in [-0.15, -0.1) is 0 Å². The van der Waals surface area contributed by atoms with E-state index in [0.717, 1.165) is 16.7 Å². The Labute approximate surface area is 203 Å². The summed E-state index contributed by atoms with van der Waals surface area (Å²) in [7, 11) is 0. The summed E-state index contributed by atoms with van der Waals surface area (Å²) in [5.74, 6) is -1.14. The molecule has 3 N–H and O–H groups in total. The van der Waals surface area contributed by atoms with Gasteiger partial charge in [-0.3, -0.25) is 9.59 Å². The zero-order chi connectivity index (χ0) is 25.0. The SMILES string of the molecule is C[C@@H](NC(=O)[C@H](Cc1ccc(OCc2ccccc2)cc1)NC(=O)OCc1ccccc1)C(=O)O. The molecule has 0 radical (unpaired) electrons. The molecule has 0 aromatic heterocycles. The van der Waals surface area contributed by atoms with E-state index in [1.165, 1.54) is 6.92 Å². The minimum absolute atomic E-state index is 0.0417. The molecule has 0 unspecified atom stereocenters. The summed E-state index contributed by atoms with van der Waals surface area (Å²) < 4.78 is 11.0. The fourth-order valence-electron chi connectivity index (χ4n) is 3.19. The third-order valence-corrected chi connectivity index (χ3v) is 5.16. The normalized spacial score (nSPS) is 12.1. The molecule has 2 atom stereocenters. The summed E-state index contributed by atoms with van der Waals surface area (Å²) in [5, 5.41) is 14.1. The molecule has 0 saturated heterocycles. The Morgan fingerprint density at radius 2 is 1.34 bits per heavy atom. The first kappa shape index (κ1) is 25.3. The number of carboxylic acid groups (broad SMARTS) is 1. The number of hydrogen-bond donors (Lipinski definition) is 3. The van der Waals surface area contributed by atoms with E-state index in [1.54, 1.807) is 24.3 Å². The van der Waals surface area contributed by atoms with Gasteiger partial charge in [-0.05, 0) is 35.7 Å². The number of rotatable bonds is 11. The second-order valence-electron chi connectivity index (χ2n) is 7.95. The number of alkyl carbamates (subject to hydrolysis) is 1. The molecule has 0 aliphatic heterocycles. The average Bonchev–Trinajstić information content (AvgIpc) is 2.87. The molecule has 0 saturated carbocycles. The van der Waals surface area contributed by atoms with Crippen LogP contribution in [0.15, 0.2) is 84.9 Å². The van der Waals surface area contributed by atoms with Crippen molar-refractivity contribution in [1.29, 1.82) is 0 Å². The second-order valence-corrected chi connectivity index (χ2v) is 7.95. The summed E-state index contributed by atoms with van der Waals surface area (Å²) in [5.41, 5.74) is 2.59. The van der Waals surface area contributed by atoms with Crippen molar-refractivity contribution in [3.8, 4) is 5.75 Å². The Balaban J connectivity index is 1.61. The number of carbonyl (C=O) groups excluding carboxylic acids is 2. The van der Waals surface area contributed by atoms with Crippen molar-refractivity contribution in [2.45, 2.75) is 38.6 Å². The van der Waals surface area contributed by atoms with Crippen molar-refractivity contribution in [2.75, 3.05) is 0 Å². The van der Waals surface area contributed by atoms with Gasteiger partial charge in [0.25, 0.3) is 0 Å². The topological polar surface area (TPSA) is 114 Å². The lowest BCUT2D eigenvalue weighted by Crippen LogP contribution is -2.51. The predicted molar refractivity (Wildman–Crippen MR) is 130 cm³/mol. The highest BCUT2D eigenvalue weighted by molar-refractivity contribution is 5.89. The Kier molecular flexibility index (Phi) is 9.24. The van der Waals surface area contributed by atoms with E-state index in [4.69, 9.17) is 14.6 Å². The maximum atomic E-state index is 12.7. The zero-order valence-corrected chi connectivity index (χ0v) is 19.3. The van der Waals surface area contributed by atoms with Crippen LogP contribution >= 0.6 is 0 Å². The molecular formula is C27H28N2O6. The second kappa shape index (κ2) is 12.8. The Morgan fingerprint density at radius 1 is 0.771 bits per heavy atom. The first-order valence-corrected chi connectivity index (χ1v) is 11.2. The molecule has 8 heteroatoms. The molecule has 3 aromatic carbocycles. The van der Waals surface area contributed by atoms with Crippen LogP contribution in [0.1, 0.15) is 23.6 Å². The quantitative estimate of drug-likeness (QED) is 0.389. The molecule has 0 fully saturated rings. The maximum Gasteiger partial charge on any atom is 0.408 e. The molecule has 2 amide bonds. The summed E-state index contributed by atoms with van der Waals surface area (Å²) in [6, 6.07) is 23.9. The minimum Gasteiger partial charge on any atom is -0.489 e. The van der Waals surface area contributed by atoms with Crippen LogP contribution in [0.2, 0.25) is 0 Å². The van der Waals surface area contributed by atoms with Crippen molar-refractivity contribution >= 4 is 18.0 Å². The average molecular weight is 477 g/mol. The van der Waals surface area contributed by atoms with Gasteiger partial charge in [-0.1, -0.05) is 72.8 Å². The number of carbonyl (C=O) groups is 3. The van der Waals surface area contributed by atoms with Gasteiger partial charge < -0.3 is 25.2 Å². The number of nitrogens with one attached hydrogen (secondary N) is 2. The van der Waals surface area contributed by atoms with Gasteiger partial charge in [0.15, 0.2) is 0 Å². The van der Waals surface area contributed by atoms with E-state index in [1.807, 2.05) is 60.7 Å². The third-order valence-electron chi connectivity index (χ3n) is 5.16. The van der Waals surface area contributed by atoms with Gasteiger partial charge >= 0.3 is 12.1 Å². The van der Waals surface area contributed by atoms with Gasteiger partial charge in [-0.2, -0.15) is 0 Å². The summed E-state index contributed by atoms with van der Waals surface area (Å²) in [6.07, 6.45) is -0.641. The Morgan fingerprint density at radius 3 is 1.91 bits per heavy atom. The first-order chi connectivity index (χ1) is 16.9. The fraction of sp³-hybridized carbons (Fsp3) is 0.222. The highest BCUT2D eigenvalue weighted by atomic mass is 16.5. The van der Waals surface area contributed by atoms with E-state index in [2.05, 4.69) is 10.6 Å². The summed E-state index contributed by atoms with van der Waals surface area (Å²) >= 11 is 0. The zero-order valence-electron chi connectivity index (χ0n) is 19.3. The standard InChI is InChI=1S/C27H28N2O6/c1-19(26(31)32)28-25(30)24(29-27(33)35-18-22-10-6-3-7-11-22)16-20-12-14-23(15-13-20)34-17-21-8-4-2-5-9-21/h2-15,19,24H,16-18H2,1H3,(H,28,30)(H,29,33)(H,31,32)/t19-,24+/m1/s1. The highest BCUT2D eigenvalue weighted by Crippen LogP contribution is 2.16. The van der Waals surface area contributed by atoms with Crippen molar-refractivity contribution < 1.29 is 29.0 Å². The lowest BCUT2D eigenvalue weighted by molar-refractivity contribution is -0.141. The van der Waals surface area contributed by atoms with E-state index in [0.29, 0.717) is 12.4 Å². The van der Waals surface area contributed by atoms with E-state index in [-0.39, 0.29) is 13.0 Å². The monoisotopic (exact) mass is 476 g/mol. The Bertz CT molecular complexity index is 1100. The van der Waals surface area contributed by atoms with Crippen LogP contribution in [0.5, 0.6) is 5.75 Å². The van der Waals surface area contributed by atoms with Crippen LogP contribution in [0.3, 0.4) is 0 Å². The van der Waals surface area contributed by atoms with Crippen molar-refractivity contribution in [2.24, 2.45) is 0 Å². The van der Waals surface area contributed by atoms with Crippen LogP contribution in [0.4, 0.5) is 4.79 Å². The molecule has 3 aromatic rings. The number of aliphatic carboxylic acids is 1. The molecule has 35 heavy (non-hydrogen) atoms. The molecule has 8 nitrogen and oxygen atoms in total. The van der Waals surface area contributed by atoms with Crippen LogP contribution in [0.25, 0.3) is 0 Å². The molecule has 0 aliphatic carbocycles. The highest BCUT2D eigenvalue weighted by Gasteiger charge is 2.25. The number of ether oxygens (including phenoxy) is 2. The molecule has 3 rings (SSSR count). The summed E-state index contributed by atoms with van der Waals surface area (Å²) in [6.45, 7) is 1.82. The van der Waals surface area contributed by atoms with Gasteiger partial charge in [0.2, 0.25) is 5.91 Å². The van der Waals surface area contributed by atoms with Crippen molar-refractivity contribution in [3.05, 3.63) is 102 Å². The van der Waals surface area contributed by atoms with Crippen LogP contribution < -0.4 is 15.4 Å². The van der Waals surface area contributed by atoms with E-state index in [9.17, 15) is 14.4 Å². The Hall–Kier alpha value is -4.33. The maximum absolute atomic E-state index is 12.7. The number of hydrogen-bond acceptors (Lipinski definition) is 5. The lowest BCUT2D eigenvalue weighted by atomic mass is 10.0. The molecule has 0 heterocycles. The van der Waals surface area contributed by atoms with Crippen molar-refractivity contribution in [1.82, 2.24) is 10.6 Å². The largest absolute Gasteiger partial charge is 0.489 e. The fourth-order valence-corrected chi connectivity index (χ4v) is 3.19. The van der Waals surface area contributed by atoms with Crippen LogP contribution in [0, 0.1) is 0 Å². The lowest BCUT2D eigenvalue weighted by Gasteiger charge is -2.20. The van der Waals surface area contributed by atoms with Gasteiger partial charge in [0.1, 0.15) is 31.0 Å². The number of benzene rings is 3. The van der Waals surface area contributed by atoms with Crippen LogP contribution in [-0.4, -0.2) is 35.2 Å². The van der Waals surface area contributed by atoms with Crippen molar-refractivity contribution in [3.63, 3.8) is 0 Å². The van der Waals surface area contributed by atoms with Gasteiger partial charge in [-0.25, -0.2) is 4.79 Å². The summed E-state index contributed by atoms with van der Waals surface area (Å²) in [4.78, 5) is 36.3. The molecular weight excluding hydrogens is 448 g/mol. The molecule has 0 aliphatic rings. The van der Waals surface area contributed by atoms with E-state index >= 15 is 0 Å². The van der Waals surface area contributed by atoms with Crippen LogP contribution in [-0.2, 0) is 34.0 Å². The molecule has 182 valence electrons. The number of carboxylic acids is 1. The number of amides is 2.